The van der Waals surface area contributed by atoms with Crippen molar-refractivity contribution in [2.45, 2.75) is 95.2 Å². The fourth-order valence-corrected chi connectivity index (χ4v) is 7.00. The third-order valence-electron chi connectivity index (χ3n) is 9.63. The predicted octanol–water partition coefficient (Wildman–Crippen LogP) is 5.94. The molecule has 4 atom stereocenters. The Bertz CT molecular complexity index is 1420. The van der Waals surface area contributed by atoms with Gasteiger partial charge in [0.2, 0.25) is 11.8 Å². The van der Waals surface area contributed by atoms with Gasteiger partial charge in [0.1, 0.15) is 19.3 Å². The van der Waals surface area contributed by atoms with Crippen molar-refractivity contribution in [1.29, 1.82) is 0 Å². The molecule has 4 unspecified atom stereocenters. The second-order valence-corrected chi connectivity index (χ2v) is 13.5. The molecule has 0 bridgehead atoms. The molecule has 1 saturated carbocycles. The number of esters is 1. The van der Waals surface area contributed by atoms with Gasteiger partial charge in [-0.25, -0.2) is 9.59 Å². The van der Waals surface area contributed by atoms with Crippen LogP contribution in [-0.2, 0) is 23.9 Å². The molecule has 0 aliphatic heterocycles. The lowest BCUT2D eigenvalue weighted by Crippen LogP contribution is -2.47. The standard InChI is InChI=1S/C40H53N3O7/c1-4-6-21-36(43-40(48)50-26-35-33-19-12-10-17-31(33)32-18-11-13-20-34(32)35)39(47)49-25-30(22-28-15-8-7-9-16-28)42-38(46)29(14-5-2)23-37(45)41-27(3)24-44/h4-5,10-13,17-20,27-30,35-36,44H,1-2,6-9,14-16,21-26H2,3H3,(H,41,45)(H,42,46)(H,43,48). The number of rotatable bonds is 19. The molecule has 10 heteroatoms. The van der Waals surface area contributed by atoms with E-state index in [1.165, 1.54) is 6.42 Å². The van der Waals surface area contributed by atoms with Crippen LogP contribution in [0, 0.1) is 11.8 Å². The molecule has 2 aromatic carbocycles. The maximum atomic E-state index is 13.5. The van der Waals surface area contributed by atoms with E-state index in [1.807, 2.05) is 36.4 Å². The molecule has 3 amide bonds. The average molecular weight is 688 g/mol. The highest BCUT2D eigenvalue weighted by atomic mass is 16.6. The molecule has 0 saturated heterocycles. The van der Waals surface area contributed by atoms with Crippen molar-refractivity contribution < 1.29 is 33.8 Å². The van der Waals surface area contributed by atoms with Gasteiger partial charge in [-0.2, -0.15) is 0 Å². The summed E-state index contributed by atoms with van der Waals surface area (Å²) in [5.74, 6) is -1.71. The van der Waals surface area contributed by atoms with E-state index in [0.29, 0.717) is 18.8 Å². The lowest BCUT2D eigenvalue weighted by Gasteiger charge is -2.28. The van der Waals surface area contributed by atoms with Crippen molar-refractivity contribution in [2.75, 3.05) is 19.8 Å². The molecule has 50 heavy (non-hydrogen) atoms. The summed E-state index contributed by atoms with van der Waals surface area (Å²) < 4.78 is 11.5. The van der Waals surface area contributed by atoms with Gasteiger partial charge in [0.05, 0.1) is 18.6 Å². The Morgan fingerprint density at radius 2 is 1.56 bits per heavy atom. The quantitative estimate of drug-likeness (QED) is 0.106. The first kappa shape index (κ1) is 38.4. The summed E-state index contributed by atoms with van der Waals surface area (Å²) in [5.41, 5.74) is 4.42. The Hall–Kier alpha value is -4.44. The monoisotopic (exact) mass is 687 g/mol. The third-order valence-corrected chi connectivity index (χ3v) is 9.63. The molecule has 0 spiro atoms. The second kappa shape index (κ2) is 19.7. The number of alkyl carbamates (subject to hydrolysis) is 1. The van der Waals surface area contributed by atoms with E-state index in [9.17, 15) is 24.3 Å². The molecule has 270 valence electrons. The van der Waals surface area contributed by atoms with Crippen LogP contribution in [0.4, 0.5) is 4.79 Å². The predicted molar refractivity (Wildman–Crippen MR) is 193 cm³/mol. The van der Waals surface area contributed by atoms with Crippen LogP contribution in [0.2, 0.25) is 0 Å². The first-order valence-corrected chi connectivity index (χ1v) is 17.9. The fraction of sp³-hybridized carbons (Fsp3) is 0.500. The van der Waals surface area contributed by atoms with Crippen molar-refractivity contribution in [1.82, 2.24) is 16.0 Å². The van der Waals surface area contributed by atoms with E-state index in [1.54, 1.807) is 19.1 Å². The average Bonchev–Trinajstić information content (AvgIpc) is 3.44. The van der Waals surface area contributed by atoms with Crippen molar-refractivity contribution >= 4 is 23.9 Å². The summed E-state index contributed by atoms with van der Waals surface area (Å²) in [6, 6.07) is 14.3. The Kier molecular flexibility index (Phi) is 15.1. The van der Waals surface area contributed by atoms with Crippen molar-refractivity contribution in [3.8, 4) is 11.1 Å². The van der Waals surface area contributed by atoms with Gasteiger partial charge >= 0.3 is 12.1 Å². The highest BCUT2D eigenvalue weighted by Crippen LogP contribution is 2.44. The summed E-state index contributed by atoms with van der Waals surface area (Å²) >= 11 is 0. The minimum atomic E-state index is -0.972. The Labute approximate surface area is 296 Å². The number of amides is 3. The van der Waals surface area contributed by atoms with Crippen LogP contribution in [0.15, 0.2) is 73.8 Å². The lowest BCUT2D eigenvalue weighted by atomic mass is 9.84. The number of aliphatic hydroxyl groups excluding tert-OH is 1. The molecule has 0 heterocycles. The zero-order valence-corrected chi connectivity index (χ0v) is 29.2. The van der Waals surface area contributed by atoms with Gasteiger partial charge in [-0.3, -0.25) is 9.59 Å². The van der Waals surface area contributed by atoms with Gasteiger partial charge in [0.25, 0.3) is 0 Å². The number of nitrogens with one attached hydrogen (secondary N) is 3. The number of fused-ring (bicyclic) bond motifs is 3. The minimum Gasteiger partial charge on any atom is -0.462 e. The molecule has 0 aromatic heterocycles. The van der Waals surface area contributed by atoms with Crippen LogP contribution in [0.3, 0.4) is 0 Å². The smallest absolute Gasteiger partial charge is 0.407 e. The zero-order valence-electron chi connectivity index (χ0n) is 29.2. The van der Waals surface area contributed by atoms with Crippen molar-refractivity contribution in [3.05, 3.63) is 85.0 Å². The molecule has 10 nitrogen and oxygen atoms in total. The first-order valence-electron chi connectivity index (χ1n) is 17.9. The van der Waals surface area contributed by atoms with Crippen LogP contribution < -0.4 is 16.0 Å². The molecule has 4 rings (SSSR count). The van der Waals surface area contributed by atoms with E-state index in [0.717, 1.165) is 47.9 Å². The second-order valence-electron chi connectivity index (χ2n) is 13.5. The molecular weight excluding hydrogens is 634 g/mol. The van der Waals surface area contributed by atoms with Crippen molar-refractivity contribution in [3.63, 3.8) is 0 Å². The fourth-order valence-electron chi connectivity index (χ4n) is 7.00. The number of ether oxygens (including phenoxy) is 2. The SMILES string of the molecule is C=CCCC(NC(=O)OCC1c2ccccc2-c2ccccc21)C(=O)OCC(CC1CCCCC1)NC(=O)C(CC=C)CC(=O)NC(C)CO. The molecule has 2 aliphatic rings. The summed E-state index contributed by atoms with van der Waals surface area (Å²) in [5, 5.41) is 17.7. The van der Waals surface area contributed by atoms with Crippen LogP contribution >= 0.6 is 0 Å². The summed E-state index contributed by atoms with van der Waals surface area (Å²) in [7, 11) is 0. The highest BCUT2D eigenvalue weighted by Gasteiger charge is 2.31. The van der Waals surface area contributed by atoms with E-state index >= 15 is 0 Å². The molecule has 0 radical (unpaired) electrons. The first-order chi connectivity index (χ1) is 24.2. The van der Waals surface area contributed by atoms with Crippen LogP contribution in [0.25, 0.3) is 11.1 Å². The Morgan fingerprint density at radius 1 is 0.900 bits per heavy atom. The topological polar surface area (TPSA) is 143 Å². The highest BCUT2D eigenvalue weighted by molar-refractivity contribution is 5.86. The van der Waals surface area contributed by atoms with E-state index < -0.39 is 36.1 Å². The number of hydrogen-bond acceptors (Lipinski definition) is 7. The van der Waals surface area contributed by atoms with Crippen molar-refractivity contribution in [2.24, 2.45) is 11.8 Å². The molecule has 4 N–H and O–H groups in total. The molecule has 1 fully saturated rings. The van der Waals surface area contributed by atoms with Crippen LogP contribution in [-0.4, -0.2) is 66.9 Å². The number of carbonyl (C=O) groups is 4. The molecule has 2 aliphatic carbocycles. The van der Waals surface area contributed by atoms with Gasteiger partial charge in [0.15, 0.2) is 0 Å². The minimum absolute atomic E-state index is 0.0637. The van der Waals surface area contributed by atoms with Crippen LogP contribution in [0.1, 0.15) is 88.2 Å². The number of hydrogen-bond donors (Lipinski definition) is 4. The number of carbonyl (C=O) groups excluding carboxylic acids is 4. The summed E-state index contributed by atoms with van der Waals surface area (Å²) in [6.45, 7) is 9.02. The number of aliphatic hydroxyl groups is 1. The maximum absolute atomic E-state index is 13.5. The van der Waals surface area contributed by atoms with E-state index in [4.69, 9.17) is 9.47 Å². The Morgan fingerprint density at radius 3 is 2.18 bits per heavy atom. The van der Waals surface area contributed by atoms with Gasteiger partial charge in [-0.15, -0.1) is 13.2 Å². The number of benzene rings is 2. The molecular formula is C40H53N3O7. The third kappa shape index (κ3) is 11.0. The summed E-state index contributed by atoms with van der Waals surface area (Å²) in [6.07, 6.45) is 9.61. The number of allylic oxidation sites excluding steroid dienone is 2. The van der Waals surface area contributed by atoms with Gasteiger partial charge < -0.3 is 30.5 Å². The lowest BCUT2D eigenvalue weighted by molar-refractivity contribution is -0.148. The largest absolute Gasteiger partial charge is 0.462 e. The van der Waals surface area contributed by atoms with Crippen LogP contribution in [0.5, 0.6) is 0 Å². The Balaban J connectivity index is 1.38. The van der Waals surface area contributed by atoms with Gasteiger partial charge in [-0.05, 0) is 60.8 Å². The van der Waals surface area contributed by atoms with Gasteiger partial charge in [0, 0.05) is 18.4 Å². The van der Waals surface area contributed by atoms with E-state index in [2.05, 4.69) is 41.2 Å². The molecule has 2 aromatic rings. The van der Waals surface area contributed by atoms with Gasteiger partial charge in [-0.1, -0.05) is 92.8 Å². The van der Waals surface area contributed by atoms with E-state index in [-0.39, 0.29) is 56.8 Å². The summed E-state index contributed by atoms with van der Waals surface area (Å²) in [4.78, 5) is 52.5. The maximum Gasteiger partial charge on any atom is 0.407 e. The normalized spacial score (nSPS) is 16.4. The zero-order chi connectivity index (χ0) is 35.9.